The van der Waals surface area contributed by atoms with Gasteiger partial charge in [0.05, 0.1) is 35.7 Å². The smallest absolute Gasteiger partial charge is 0.229 e. The summed E-state index contributed by atoms with van der Waals surface area (Å²) in [6, 6.07) is 6.17. The van der Waals surface area contributed by atoms with E-state index >= 15 is 0 Å². The van der Waals surface area contributed by atoms with Crippen molar-refractivity contribution < 1.29 is 0 Å². The molecule has 0 unspecified atom stereocenters. The SMILES string of the molecule is Cn1cc(Nc2ncc3cnn(Cc4cccc(N5CCCC5)n4)c3n2)cn1. The highest BCUT2D eigenvalue weighted by atomic mass is 15.3. The minimum atomic E-state index is 0.515. The summed E-state index contributed by atoms with van der Waals surface area (Å²) in [6.07, 6.45) is 9.64. The predicted octanol–water partition coefficient (Wildman–Crippen LogP) is 2.35. The summed E-state index contributed by atoms with van der Waals surface area (Å²) in [5, 5.41) is 12.7. The van der Waals surface area contributed by atoms with Crippen LogP contribution in [-0.4, -0.2) is 47.6 Å². The molecule has 1 saturated heterocycles. The van der Waals surface area contributed by atoms with Crippen LogP contribution in [0.1, 0.15) is 18.5 Å². The Morgan fingerprint density at radius 1 is 1.04 bits per heavy atom. The van der Waals surface area contributed by atoms with Crippen LogP contribution in [0, 0.1) is 0 Å². The minimum Gasteiger partial charge on any atom is -0.357 e. The van der Waals surface area contributed by atoms with Crippen LogP contribution in [0.3, 0.4) is 0 Å². The fourth-order valence-electron chi connectivity index (χ4n) is 3.49. The van der Waals surface area contributed by atoms with Gasteiger partial charge in [-0.1, -0.05) is 6.07 Å². The molecule has 0 atom stereocenters. The van der Waals surface area contributed by atoms with Crippen LogP contribution < -0.4 is 10.2 Å². The average molecular weight is 375 g/mol. The van der Waals surface area contributed by atoms with Crippen molar-refractivity contribution in [2.24, 2.45) is 7.05 Å². The van der Waals surface area contributed by atoms with E-state index in [1.54, 1.807) is 23.3 Å². The Morgan fingerprint density at radius 3 is 2.75 bits per heavy atom. The Hall–Kier alpha value is -3.49. The van der Waals surface area contributed by atoms with Crippen molar-refractivity contribution in [2.45, 2.75) is 19.4 Å². The zero-order chi connectivity index (χ0) is 18.9. The van der Waals surface area contributed by atoms with Gasteiger partial charge in [0.1, 0.15) is 5.82 Å². The van der Waals surface area contributed by atoms with Crippen LogP contribution in [0.15, 0.2) is 43.0 Å². The van der Waals surface area contributed by atoms with E-state index in [4.69, 9.17) is 4.98 Å². The lowest BCUT2D eigenvalue weighted by molar-refractivity contribution is 0.688. The number of hydrogen-bond donors (Lipinski definition) is 1. The van der Waals surface area contributed by atoms with Crippen LogP contribution in [0.4, 0.5) is 17.5 Å². The Balaban J connectivity index is 1.41. The van der Waals surface area contributed by atoms with Gasteiger partial charge in [0.2, 0.25) is 5.95 Å². The van der Waals surface area contributed by atoms with Gasteiger partial charge in [0, 0.05) is 32.5 Å². The van der Waals surface area contributed by atoms with Crippen molar-refractivity contribution in [1.29, 1.82) is 0 Å². The van der Waals surface area contributed by atoms with Gasteiger partial charge in [-0.25, -0.2) is 14.6 Å². The highest BCUT2D eigenvalue weighted by Gasteiger charge is 2.14. The van der Waals surface area contributed by atoms with E-state index in [1.165, 1.54) is 12.8 Å². The van der Waals surface area contributed by atoms with Crippen molar-refractivity contribution in [3.8, 4) is 0 Å². The lowest BCUT2D eigenvalue weighted by atomic mass is 10.3. The van der Waals surface area contributed by atoms with E-state index in [0.717, 1.165) is 41.3 Å². The summed E-state index contributed by atoms with van der Waals surface area (Å²) in [4.78, 5) is 16.2. The summed E-state index contributed by atoms with van der Waals surface area (Å²) in [6.45, 7) is 2.73. The topological polar surface area (TPSA) is 89.6 Å². The first-order chi connectivity index (χ1) is 13.7. The zero-order valence-corrected chi connectivity index (χ0v) is 15.7. The molecule has 0 bridgehead atoms. The number of hydrogen-bond acceptors (Lipinski definition) is 7. The number of anilines is 3. The maximum absolute atomic E-state index is 4.82. The van der Waals surface area contributed by atoms with Crippen molar-refractivity contribution in [1.82, 2.24) is 34.5 Å². The summed E-state index contributed by atoms with van der Waals surface area (Å²) in [5.41, 5.74) is 2.58. The van der Waals surface area contributed by atoms with Gasteiger partial charge in [-0.3, -0.25) is 4.68 Å². The number of nitrogens with zero attached hydrogens (tertiary/aromatic N) is 8. The van der Waals surface area contributed by atoms with Crippen LogP contribution in [0.25, 0.3) is 11.0 Å². The third kappa shape index (κ3) is 3.26. The van der Waals surface area contributed by atoms with Crippen molar-refractivity contribution in [3.63, 3.8) is 0 Å². The molecule has 1 aliphatic heterocycles. The summed E-state index contributed by atoms with van der Waals surface area (Å²) < 4.78 is 3.59. The molecule has 1 N–H and O–H groups in total. The average Bonchev–Trinajstić information content (AvgIpc) is 3.45. The van der Waals surface area contributed by atoms with Crippen LogP contribution >= 0.6 is 0 Å². The highest BCUT2D eigenvalue weighted by Crippen LogP contribution is 2.20. The molecule has 9 nitrogen and oxygen atoms in total. The fourth-order valence-corrected chi connectivity index (χ4v) is 3.49. The molecule has 4 aromatic heterocycles. The number of aryl methyl sites for hydroxylation is 1. The van der Waals surface area contributed by atoms with E-state index in [0.29, 0.717) is 12.5 Å². The Bertz CT molecular complexity index is 1110. The molecule has 5 heterocycles. The third-order valence-corrected chi connectivity index (χ3v) is 4.87. The number of pyridine rings is 1. The van der Waals surface area contributed by atoms with Gasteiger partial charge in [0.15, 0.2) is 5.65 Å². The van der Waals surface area contributed by atoms with Crippen molar-refractivity contribution >= 4 is 28.5 Å². The molecule has 1 fully saturated rings. The predicted molar refractivity (Wildman–Crippen MR) is 107 cm³/mol. The van der Waals surface area contributed by atoms with Crippen molar-refractivity contribution in [2.75, 3.05) is 23.3 Å². The molecule has 0 aliphatic carbocycles. The Morgan fingerprint density at radius 2 is 1.93 bits per heavy atom. The maximum atomic E-state index is 4.82. The molecule has 0 amide bonds. The minimum absolute atomic E-state index is 0.515. The number of rotatable bonds is 5. The molecule has 4 aromatic rings. The fraction of sp³-hybridized carbons (Fsp3) is 0.316. The van der Waals surface area contributed by atoms with Crippen LogP contribution in [0.2, 0.25) is 0 Å². The molecule has 142 valence electrons. The second-order valence-electron chi connectivity index (χ2n) is 6.98. The number of fused-ring (bicyclic) bond motifs is 1. The first kappa shape index (κ1) is 16.7. The molecule has 28 heavy (non-hydrogen) atoms. The normalized spacial score (nSPS) is 14.1. The molecule has 0 aromatic carbocycles. The van der Waals surface area contributed by atoms with E-state index in [9.17, 15) is 0 Å². The van der Waals surface area contributed by atoms with E-state index in [1.807, 2.05) is 24.0 Å². The van der Waals surface area contributed by atoms with E-state index in [-0.39, 0.29) is 0 Å². The standard InChI is InChI=1S/C19H21N9/c1-26-12-16(11-21-26)24-19-20-9-14-10-22-28(18(14)25-19)13-15-5-4-6-17(23-15)27-7-2-3-8-27/h4-6,9-12H,2-3,7-8,13H2,1H3,(H,20,24,25). The van der Waals surface area contributed by atoms with Gasteiger partial charge in [-0.05, 0) is 25.0 Å². The Kier molecular flexibility index (Phi) is 4.12. The maximum Gasteiger partial charge on any atom is 0.229 e. The van der Waals surface area contributed by atoms with Gasteiger partial charge >= 0.3 is 0 Å². The van der Waals surface area contributed by atoms with Gasteiger partial charge in [-0.2, -0.15) is 15.2 Å². The first-order valence-corrected chi connectivity index (χ1v) is 9.40. The molecular weight excluding hydrogens is 354 g/mol. The number of aromatic nitrogens is 7. The molecular formula is C19H21N9. The summed E-state index contributed by atoms with van der Waals surface area (Å²) in [5.74, 6) is 1.56. The van der Waals surface area contributed by atoms with E-state index < -0.39 is 0 Å². The second kappa shape index (κ2) is 6.91. The lowest BCUT2D eigenvalue weighted by Crippen LogP contribution is -2.19. The van der Waals surface area contributed by atoms with Crippen LogP contribution in [0.5, 0.6) is 0 Å². The Labute approximate surface area is 162 Å². The molecule has 9 heteroatoms. The second-order valence-corrected chi connectivity index (χ2v) is 6.98. The molecule has 0 saturated carbocycles. The van der Waals surface area contributed by atoms with Crippen LogP contribution in [-0.2, 0) is 13.6 Å². The first-order valence-electron chi connectivity index (χ1n) is 9.40. The third-order valence-electron chi connectivity index (χ3n) is 4.87. The summed E-state index contributed by atoms with van der Waals surface area (Å²) in [7, 11) is 1.87. The molecule has 0 spiro atoms. The summed E-state index contributed by atoms with van der Waals surface area (Å²) >= 11 is 0. The monoisotopic (exact) mass is 375 g/mol. The molecule has 0 radical (unpaired) electrons. The van der Waals surface area contributed by atoms with Gasteiger partial charge in [-0.15, -0.1) is 0 Å². The quantitative estimate of drug-likeness (QED) is 0.573. The number of nitrogens with one attached hydrogen (secondary N) is 1. The van der Waals surface area contributed by atoms with Gasteiger partial charge < -0.3 is 10.2 Å². The lowest BCUT2D eigenvalue weighted by Gasteiger charge is -2.17. The molecule has 5 rings (SSSR count). The van der Waals surface area contributed by atoms with Gasteiger partial charge in [0.25, 0.3) is 0 Å². The highest BCUT2D eigenvalue weighted by molar-refractivity contribution is 5.75. The zero-order valence-electron chi connectivity index (χ0n) is 15.7. The van der Waals surface area contributed by atoms with Crippen molar-refractivity contribution in [3.05, 3.63) is 48.7 Å². The molecule has 1 aliphatic rings. The van der Waals surface area contributed by atoms with E-state index in [2.05, 4.69) is 42.5 Å². The largest absolute Gasteiger partial charge is 0.357 e.